The van der Waals surface area contributed by atoms with Crippen LogP contribution in [0, 0.1) is 0 Å². The van der Waals surface area contributed by atoms with Gasteiger partial charge in [0.1, 0.15) is 6.54 Å². The molecule has 0 radical (unpaired) electrons. The lowest BCUT2D eigenvalue weighted by Crippen LogP contribution is -2.39. The van der Waals surface area contributed by atoms with E-state index in [9.17, 15) is 13.2 Å². The molecule has 0 saturated heterocycles. The molecule has 32 heavy (non-hydrogen) atoms. The van der Waals surface area contributed by atoms with Gasteiger partial charge < -0.3 is 0 Å². The lowest BCUT2D eigenvalue weighted by molar-refractivity contribution is -0.119. The summed E-state index contributed by atoms with van der Waals surface area (Å²) in [6, 6.07) is 24.4. The average Bonchev–Trinajstić information content (AvgIpc) is 2.77. The van der Waals surface area contributed by atoms with Crippen LogP contribution in [0.25, 0.3) is 21.5 Å². The molecule has 0 saturated carbocycles. The van der Waals surface area contributed by atoms with Gasteiger partial charge in [-0.1, -0.05) is 72.3 Å². The van der Waals surface area contributed by atoms with Gasteiger partial charge in [-0.25, -0.2) is 13.8 Å². The zero-order valence-electron chi connectivity index (χ0n) is 17.2. The second kappa shape index (κ2) is 8.98. The summed E-state index contributed by atoms with van der Waals surface area (Å²) in [4.78, 5) is 12.5. The Bertz CT molecular complexity index is 1400. The van der Waals surface area contributed by atoms with Crippen molar-refractivity contribution in [1.82, 2.24) is 5.43 Å². The van der Waals surface area contributed by atoms with Crippen LogP contribution in [-0.2, 0) is 14.8 Å². The molecule has 1 amide bonds. The Kier molecular flexibility index (Phi) is 6.12. The summed E-state index contributed by atoms with van der Waals surface area (Å²) in [7, 11) is -3.73. The van der Waals surface area contributed by atoms with Crippen LogP contribution in [0.15, 0.2) is 84.0 Å². The summed E-state index contributed by atoms with van der Waals surface area (Å²) < 4.78 is 25.5. The first kappa shape index (κ1) is 21.8. The van der Waals surface area contributed by atoms with Crippen molar-refractivity contribution >= 4 is 61.0 Å². The monoisotopic (exact) mass is 465 g/mol. The number of anilines is 1. The van der Waals surface area contributed by atoms with E-state index < -0.39 is 22.5 Å². The number of nitrogens with one attached hydrogen (secondary N) is 1. The van der Waals surface area contributed by atoms with Crippen molar-refractivity contribution in [2.75, 3.05) is 17.1 Å². The summed E-state index contributed by atoms with van der Waals surface area (Å²) >= 11 is 6.14. The molecule has 0 unspecified atom stereocenters. The van der Waals surface area contributed by atoms with E-state index in [0.717, 1.165) is 37.7 Å². The molecule has 0 atom stereocenters. The molecule has 4 rings (SSSR count). The van der Waals surface area contributed by atoms with Crippen molar-refractivity contribution in [3.63, 3.8) is 0 Å². The van der Waals surface area contributed by atoms with Crippen molar-refractivity contribution in [2.45, 2.75) is 0 Å². The second-order valence-corrected chi connectivity index (χ2v) is 9.56. The van der Waals surface area contributed by atoms with Gasteiger partial charge in [0, 0.05) is 5.56 Å². The number of nitrogens with zero attached hydrogens (tertiary/aromatic N) is 2. The van der Waals surface area contributed by atoms with Gasteiger partial charge >= 0.3 is 0 Å². The predicted octanol–water partition coefficient (Wildman–Crippen LogP) is 4.56. The smallest absolute Gasteiger partial charge is 0.260 e. The third-order valence-electron chi connectivity index (χ3n) is 5.00. The molecule has 0 aliphatic rings. The normalized spacial score (nSPS) is 11.8. The van der Waals surface area contributed by atoms with E-state index in [1.807, 2.05) is 48.5 Å². The minimum absolute atomic E-state index is 0.232. The van der Waals surface area contributed by atoms with Crippen LogP contribution in [0.3, 0.4) is 0 Å². The molecule has 4 aromatic carbocycles. The van der Waals surface area contributed by atoms with Crippen molar-refractivity contribution in [1.29, 1.82) is 0 Å². The zero-order valence-corrected chi connectivity index (χ0v) is 18.8. The van der Waals surface area contributed by atoms with Crippen LogP contribution in [-0.4, -0.2) is 33.3 Å². The molecule has 8 heteroatoms. The topological polar surface area (TPSA) is 78.8 Å². The number of rotatable bonds is 6. The molecule has 1 N–H and O–H groups in total. The summed E-state index contributed by atoms with van der Waals surface area (Å²) in [5.41, 5.74) is 3.53. The van der Waals surface area contributed by atoms with Gasteiger partial charge in [-0.2, -0.15) is 5.10 Å². The Morgan fingerprint density at radius 1 is 0.969 bits per heavy atom. The molecular formula is C24H20ClN3O3S. The fourth-order valence-electron chi connectivity index (χ4n) is 3.56. The Balaban J connectivity index is 1.61. The fourth-order valence-corrected chi connectivity index (χ4v) is 4.71. The van der Waals surface area contributed by atoms with Crippen LogP contribution in [0.4, 0.5) is 5.69 Å². The van der Waals surface area contributed by atoms with Gasteiger partial charge in [0.05, 0.1) is 23.2 Å². The Labute approximate surface area is 191 Å². The predicted molar refractivity (Wildman–Crippen MR) is 131 cm³/mol. The van der Waals surface area contributed by atoms with Crippen molar-refractivity contribution < 1.29 is 13.2 Å². The minimum Gasteiger partial charge on any atom is -0.271 e. The summed E-state index contributed by atoms with van der Waals surface area (Å²) in [5.74, 6) is -0.587. The summed E-state index contributed by atoms with van der Waals surface area (Å²) in [5, 5.41) is 8.46. The third kappa shape index (κ3) is 4.59. The first-order valence-corrected chi connectivity index (χ1v) is 12.0. The van der Waals surface area contributed by atoms with Gasteiger partial charge in [0.15, 0.2) is 0 Å². The minimum atomic E-state index is -3.73. The van der Waals surface area contributed by atoms with Crippen LogP contribution < -0.4 is 9.73 Å². The zero-order chi connectivity index (χ0) is 22.7. The lowest BCUT2D eigenvalue weighted by atomic mass is 9.97. The fraction of sp³-hybridized carbons (Fsp3) is 0.0833. The SMILES string of the molecule is CS(=O)(=O)N(CC(=O)N/N=C\c1c2ccccc2cc2ccccc12)c1ccccc1Cl. The number of carbonyl (C=O) groups is 1. The molecule has 6 nitrogen and oxygen atoms in total. The molecule has 0 bridgehead atoms. The molecule has 0 fully saturated rings. The van der Waals surface area contributed by atoms with E-state index in [4.69, 9.17) is 11.6 Å². The molecule has 0 heterocycles. The Hall–Kier alpha value is -3.42. The molecule has 0 spiro atoms. The molecule has 0 aliphatic carbocycles. The number of fused-ring (bicyclic) bond motifs is 2. The van der Waals surface area contributed by atoms with Gasteiger partial charge in [-0.3, -0.25) is 9.10 Å². The second-order valence-electron chi connectivity index (χ2n) is 7.25. The average molecular weight is 466 g/mol. The number of hydrogen-bond donors (Lipinski definition) is 1. The van der Waals surface area contributed by atoms with Crippen LogP contribution in [0.2, 0.25) is 5.02 Å². The standard InChI is InChI=1S/C24H20ClN3O3S/c1-32(30,31)28(23-13-7-6-12-22(23)25)16-24(29)27-26-15-21-19-10-4-2-8-17(19)14-18-9-3-5-11-20(18)21/h2-15H,16H2,1H3,(H,27,29)/b26-15-. The van der Waals surface area contributed by atoms with E-state index >= 15 is 0 Å². The highest BCUT2D eigenvalue weighted by molar-refractivity contribution is 7.92. The molecule has 4 aromatic rings. The van der Waals surface area contributed by atoms with E-state index in [2.05, 4.69) is 16.6 Å². The quantitative estimate of drug-likeness (QED) is 0.257. The Morgan fingerprint density at radius 2 is 1.53 bits per heavy atom. The van der Waals surface area contributed by atoms with E-state index in [1.54, 1.807) is 30.5 Å². The van der Waals surface area contributed by atoms with E-state index in [-0.39, 0.29) is 10.7 Å². The van der Waals surface area contributed by atoms with E-state index in [1.165, 1.54) is 0 Å². The van der Waals surface area contributed by atoms with Crippen molar-refractivity contribution in [3.05, 3.63) is 89.4 Å². The van der Waals surface area contributed by atoms with Crippen LogP contribution in [0.1, 0.15) is 5.56 Å². The Morgan fingerprint density at radius 3 is 2.12 bits per heavy atom. The highest BCUT2D eigenvalue weighted by atomic mass is 35.5. The van der Waals surface area contributed by atoms with Crippen LogP contribution >= 0.6 is 11.6 Å². The van der Waals surface area contributed by atoms with Gasteiger partial charge in [-0.15, -0.1) is 0 Å². The van der Waals surface area contributed by atoms with Crippen LogP contribution in [0.5, 0.6) is 0 Å². The van der Waals surface area contributed by atoms with Gasteiger partial charge in [0.2, 0.25) is 10.0 Å². The maximum absolute atomic E-state index is 12.5. The van der Waals surface area contributed by atoms with Gasteiger partial charge in [-0.05, 0) is 39.7 Å². The number of hydrazone groups is 1. The number of benzene rings is 4. The van der Waals surface area contributed by atoms with Crippen molar-refractivity contribution in [2.24, 2.45) is 5.10 Å². The largest absolute Gasteiger partial charge is 0.271 e. The molecular weight excluding hydrogens is 446 g/mol. The number of carbonyl (C=O) groups excluding carboxylic acids is 1. The molecule has 0 aliphatic heterocycles. The lowest BCUT2D eigenvalue weighted by Gasteiger charge is -2.22. The van der Waals surface area contributed by atoms with Gasteiger partial charge in [0.25, 0.3) is 5.91 Å². The van der Waals surface area contributed by atoms with E-state index in [0.29, 0.717) is 0 Å². The highest BCUT2D eigenvalue weighted by Gasteiger charge is 2.22. The van der Waals surface area contributed by atoms with Crippen molar-refractivity contribution in [3.8, 4) is 0 Å². The summed E-state index contributed by atoms with van der Waals surface area (Å²) in [6.45, 7) is -0.448. The maximum atomic E-state index is 12.5. The molecule has 162 valence electrons. The number of sulfonamides is 1. The molecule has 0 aromatic heterocycles. The number of halogens is 1. The first-order valence-electron chi connectivity index (χ1n) is 9.79. The maximum Gasteiger partial charge on any atom is 0.260 e. The third-order valence-corrected chi connectivity index (χ3v) is 6.45. The first-order chi connectivity index (χ1) is 15.3. The number of para-hydroxylation sites is 1. The number of hydrogen-bond acceptors (Lipinski definition) is 4. The highest BCUT2D eigenvalue weighted by Crippen LogP contribution is 2.28. The summed E-state index contributed by atoms with van der Waals surface area (Å²) in [6.07, 6.45) is 2.61. The number of amides is 1.